The number of benzene rings is 1. The number of nitrogens with zero attached hydrogens (tertiary/aromatic N) is 1. The molecular formula is C12H13N3O. The summed E-state index contributed by atoms with van der Waals surface area (Å²) < 4.78 is 5.48. The normalized spacial score (nSPS) is 10.0. The van der Waals surface area contributed by atoms with E-state index in [9.17, 15) is 0 Å². The van der Waals surface area contributed by atoms with E-state index < -0.39 is 0 Å². The van der Waals surface area contributed by atoms with Crippen LogP contribution in [0.15, 0.2) is 42.6 Å². The summed E-state index contributed by atoms with van der Waals surface area (Å²) >= 11 is 0. The van der Waals surface area contributed by atoms with Gasteiger partial charge in [-0.15, -0.1) is 0 Å². The van der Waals surface area contributed by atoms with Crippen LogP contribution in [0.25, 0.3) is 0 Å². The van der Waals surface area contributed by atoms with Gasteiger partial charge in [0.25, 0.3) is 0 Å². The van der Waals surface area contributed by atoms with Gasteiger partial charge in [0, 0.05) is 11.8 Å². The number of hydrogen-bond acceptors (Lipinski definition) is 4. The molecule has 4 nitrogen and oxygen atoms in total. The van der Waals surface area contributed by atoms with Gasteiger partial charge in [-0.25, -0.2) is 4.98 Å². The maximum atomic E-state index is 5.58. The highest BCUT2D eigenvalue weighted by Crippen LogP contribution is 2.12. The smallest absolute Gasteiger partial charge is 0.213 e. The van der Waals surface area contributed by atoms with E-state index in [4.69, 9.17) is 16.2 Å². The molecule has 2 aromatic rings. The molecule has 0 saturated carbocycles. The summed E-state index contributed by atoms with van der Waals surface area (Å²) in [5.41, 5.74) is 13.5. The summed E-state index contributed by atoms with van der Waals surface area (Å²) in [5, 5.41) is 0. The Bertz CT molecular complexity index is 405. The zero-order valence-corrected chi connectivity index (χ0v) is 8.76. The van der Waals surface area contributed by atoms with Crippen LogP contribution in [0.4, 0.5) is 11.4 Å². The van der Waals surface area contributed by atoms with Gasteiger partial charge in [0.1, 0.15) is 6.61 Å². The number of ether oxygens (including phenoxy) is 1. The SMILES string of the molecule is Nc1ccc(COc2ccc(N)cn2)cc1. The number of hydrogen-bond donors (Lipinski definition) is 2. The Morgan fingerprint density at radius 3 is 2.25 bits per heavy atom. The molecule has 0 unspecified atom stereocenters. The molecular weight excluding hydrogens is 202 g/mol. The number of nitrogen functional groups attached to an aromatic ring is 2. The number of nitrogens with two attached hydrogens (primary N) is 2. The van der Waals surface area contributed by atoms with Crippen LogP contribution >= 0.6 is 0 Å². The van der Waals surface area contributed by atoms with Gasteiger partial charge in [0.05, 0.1) is 11.9 Å². The van der Waals surface area contributed by atoms with Crippen LogP contribution in [0.3, 0.4) is 0 Å². The van der Waals surface area contributed by atoms with Gasteiger partial charge in [-0.05, 0) is 23.8 Å². The molecule has 2 rings (SSSR count). The molecule has 0 radical (unpaired) electrons. The Kier molecular flexibility index (Phi) is 2.91. The average Bonchev–Trinajstić information content (AvgIpc) is 2.30. The molecule has 1 heterocycles. The minimum atomic E-state index is 0.469. The van der Waals surface area contributed by atoms with E-state index in [1.54, 1.807) is 18.3 Å². The van der Waals surface area contributed by atoms with E-state index in [1.165, 1.54) is 0 Å². The predicted octanol–water partition coefficient (Wildman–Crippen LogP) is 1.82. The monoisotopic (exact) mass is 215 g/mol. The van der Waals surface area contributed by atoms with Crippen LogP contribution in [0.1, 0.15) is 5.56 Å². The first kappa shape index (κ1) is 10.3. The second-order valence-corrected chi connectivity index (χ2v) is 3.46. The first-order chi connectivity index (χ1) is 7.74. The van der Waals surface area contributed by atoms with Crippen molar-refractivity contribution in [3.63, 3.8) is 0 Å². The van der Waals surface area contributed by atoms with Crippen molar-refractivity contribution in [2.75, 3.05) is 11.5 Å². The highest BCUT2D eigenvalue weighted by Gasteiger charge is 1.96. The van der Waals surface area contributed by atoms with Gasteiger partial charge in [-0.1, -0.05) is 12.1 Å². The lowest BCUT2D eigenvalue weighted by Crippen LogP contribution is -1.98. The minimum absolute atomic E-state index is 0.469. The van der Waals surface area contributed by atoms with Crippen LogP contribution in [-0.2, 0) is 6.61 Å². The van der Waals surface area contributed by atoms with E-state index in [0.29, 0.717) is 18.2 Å². The molecule has 0 aliphatic carbocycles. The van der Waals surface area contributed by atoms with Crippen LogP contribution in [0, 0.1) is 0 Å². The van der Waals surface area contributed by atoms with Crippen molar-refractivity contribution in [1.82, 2.24) is 4.98 Å². The van der Waals surface area contributed by atoms with Gasteiger partial charge in [-0.2, -0.15) is 0 Å². The molecule has 4 N–H and O–H groups in total. The first-order valence-corrected chi connectivity index (χ1v) is 4.93. The summed E-state index contributed by atoms with van der Waals surface area (Å²) in [6, 6.07) is 11.0. The van der Waals surface area contributed by atoms with Gasteiger partial charge in [-0.3, -0.25) is 0 Å². The number of aromatic nitrogens is 1. The Morgan fingerprint density at radius 2 is 1.62 bits per heavy atom. The lowest BCUT2D eigenvalue weighted by molar-refractivity contribution is 0.294. The fraction of sp³-hybridized carbons (Fsp3) is 0.0833. The van der Waals surface area contributed by atoms with E-state index >= 15 is 0 Å². The molecule has 0 fully saturated rings. The van der Waals surface area contributed by atoms with E-state index in [0.717, 1.165) is 11.3 Å². The van der Waals surface area contributed by atoms with Gasteiger partial charge >= 0.3 is 0 Å². The first-order valence-electron chi connectivity index (χ1n) is 4.93. The Morgan fingerprint density at radius 1 is 0.938 bits per heavy atom. The van der Waals surface area contributed by atoms with Gasteiger partial charge in [0.2, 0.25) is 5.88 Å². The molecule has 0 aliphatic rings. The Labute approximate surface area is 93.9 Å². The van der Waals surface area contributed by atoms with E-state index in [1.807, 2.05) is 24.3 Å². The summed E-state index contributed by atoms with van der Waals surface area (Å²) in [6.07, 6.45) is 1.57. The van der Waals surface area contributed by atoms with Crippen molar-refractivity contribution in [3.05, 3.63) is 48.2 Å². The maximum Gasteiger partial charge on any atom is 0.213 e. The second kappa shape index (κ2) is 4.53. The van der Waals surface area contributed by atoms with E-state index in [2.05, 4.69) is 4.98 Å². The van der Waals surface area contributed by atoms with Crippen molar-refractivity contribution >= 4 is 11.4 Å². The van der Waals surface area contributed by atoms with Crippen molar-refractivity contribution in [2.45, 2.75) is 6.61 Å². The largest absolute Gasteiger partial charge is 0.473 e. The van der Waals surface area contributed by atoms with Crippen LogP contribution < -0.4 is 16.2 Å². The average molecular weight is 215 g/mol. The number of anilines is 2. The molecule has 0 saturated heterocycles. The molecule has 0 bridgehead atoms. The van der Waals surface area contributed by atoms with Crippen LogP contribution in [-0.4, -0.2) is 4.98 Å². The fourth-order valence-corrected chi connectivity index (χ4v) is 1.25. The minimum Gasteiger partial charge on any atom is -0.473 e. The lowest BCUT2D eigenvalue weighted by Gasteiger charge is -2.05. The quantitative estimate of drug-likeness (QED) is 0.766. The zero-order valence-electron chi connectivity index (χ0n) is 8.76. The summed E-state index contributed by atoms with van der Waals surface area (Å²) in [4.78, 5) is 4.04. The maximum absolute atomic E-state index is 5.58. The number of pyridine rings is 1. The Balaban J connectivity index is 1.97. The van der Waals surface area contributed by atoms with Crippen LogP contribution in [0.2, 0.25) is 0 Å². The van der Waals surface area contributed by atoms with E-state index in [-0.39, 0.29) is 0 Å². The third-order valence-electron chi connectivity index (χ3n) is 2.13. The van der Waals surface area contributed by atoms with Crippen molar-refractivity contribution in [2.24, 2.45) is 0 Å². The predicted molar refractivity (Wildman–Crippen MR) is 63.8 cm³/mol. The molecule has 0 amide bonds. The van der Waals surface area contributed by atoms with Crippen molar-refractivity contribution in [1.29, 1.82) is 0 Å². The third kappa shape index (κ3) is 2.63. The molecule has 82 valence electrons. The molecule has 1 aromatic carbocycles. The lowest BCUT2D eigenvalue weighted by atomic mass is 10.2. The highest BCUT2D eigenvalue weighted by atomic mass is 16.5. The zero-order chi connectivity index (χ0) is 11.4. The molecule has 4 heteroatoms. The van der Waals surface area contributed by atoms with Crippen molar-refractivity contribution < 1.29 is 4.74 Å². The van der Waals surface area contributed by atoms with Gasteiger partial charge in [0.15, 0.2) is 0 Å². The molecule has 16 heavy (non-hydrogen) atoms. The summed E-state index contributed by atoms with van der Waals surface area (Å²) in [5.74, 6) is 0.561. The highest BCUT2D eigenvalue weighted by molar-refractivity contribution is 5.39. The standard InChI is InChI=1S/C12H13N3O/c13-10-3-1-9(2-4-10)8-16-12-6-5-11(14)7-15-12/h1-7H,8,13-14H2. The third-order valence-corrected chi connectivity index (χ3v) is 2.13. The molecule has 0 atom stereocenters. The topological polar surface area (TPSA) is 74.2 Å². The van der Waals surface area contributed by atoms with Gasteiger partial charge < -0.3 is 16.2 Å². The molecule has 1 aromatic heterocycles. The Hall–Kier alpha value is -2.23. The fourth-order valence-electron chi connectivity index (χ4n) is 1.25. The molecule has 0 spiro atoms. The second-order valence-electron chi connectivity index (χ2n) is 3.46. The van der Waals surface area contributed by atoms with Crippen LogP contribution in [0.5, 0.6) is 5.88 Å². The summed E-state index contributed by atoms with van der Waals surface area (Å²) in [7, 11) is 0. The number of rotatable bonds is 3. The van der Waals surface area contributed by atoms with Crippen molar-refractivity contribution in [3.8, 4) is 5.88 Å². The summed E-state index contributed by atoms with van der Waals surface area (Å²) in [6.45, 7) is 0.469. The molecule has 0 aliphatic heterocycles.